The molecule has 0 amide bonds. The number of methoxy groups -OCH3 is 1. The summed E-state index contributed by atoms with van der Waals surface area (Å²) in [6.45, 7) is 1.76. The van der Waals surface area contributed by atoms with E-state index < -0.39 is 0 Å². The molecule has 1 N–H and O–H groups in total. The Bertz CT molecular complexity index is 345. The van der Waals surface area contributed by atoms with E-state index >= 15 is 0 Å². The van der Waals surface area contributed by atoms with E-state index in [0.29, 0.717) is 0 Å². The fraction of sp³-hybridized carbons (Fsp3) is 0.273. The summed E-state index contributed by atoms with van der Waals surface area (Å²) in [5.41, 5.74) is 1.65. The zero-order valence-corrected chi connectivity index (χ0v) is 7.79. The molecule has 0 aromatic heterocycles. The van der Waals surface area contributed by atoms with E-state index in [9.17, 15) is 0 Å². The number of hydrogen-bond acceptors (Lipinski definition) is 2. The molecular formula is C11H12O2. The Balaban J connectivity index is 3.13. The molecule has 0 radical (unpaired) electrons. The third kappa shape index (κ3) is 2.24. The molecule has 0 saturated carbocycles. The Morgan fingerprint density at radius 3 is 2.77 bits per heavy atom. The summed E-state index contributed by atoms with van der Waals surface area (Å²) < 4.78 is 5.03. The zero-order chi connectivity index (χ0) is 9.68. The second-order valence-corrected chi connectivity index (χ2v) is 2.56. The summed E-state index contributed by atoms with van der Waals surface area (Å²) in [5, 5.41) is 9.04. The highest BCUT2D eigenvalue weighted by atomic mass is 16.5. The SMILES string of the molecule is CC#Cc1ccc(OC)cc1CO. The maximum atomic E-state index is 9.04. The van der Waals surface area contributed by atoms with Gasteiger partial charge in [0.25, 0.3) is 0 Å². The lowest BCUT2D eigenvalue weighted by Crippen LogP contribution is -1.91. The normalized spacial score (nSPS) is 8.85. The Morgan fingerprint density at radius 1 is 1.46 bits per heavy atom. The van der Waals surface area contributed by atoms with Crippen LogP contribution in [0, 0.1) is 11.8 Å². The molecule has 0 saturated heterocycles. The second-order valence-electron chi connectivity index (χ2n) is 2.56. The Hall–Kier alpha value is -1.46. The van der Waals surface area contributed by atoms with Gasteiger partial charge in [0.15, 0.2) is 0 Å². The van der Waals surface area contributed by atoms with Crippen LogP contribution in [0.15, 0.2) is 18.2 Å². The summed E-state index contributed by atoms with van der Waals surface area (Å²) in [7, 11) is 1.60. The molecule has 1 rings (SSSR count). The average molecular weight is 176 g/mol. The van der Waals surface area contributed by atoms with Crippen LogP contribution in [0.3, 0.4) is 0 Å². The number of aliphatic hydroxyl groups is 1. The van der Waals surface area contributed by atoms with E-state index in [1.807, 2.05) is 12.1 Å². The summed E-state index contributed by atoms with van der Waals surface area (Å²) in [6.07, 6.45) is 0. The van der Waals surface area contributed by atoms with Crippen molar-refractivity contribution in [1.82, 2.24) is 0 Å². The van der Waals surface area contributed by atoms with Crippen molar-refractivity contribution >= 4 is 0 Å². The molecule has 0 spiro atoms. The highest BCUT2D eigenvalue weighted by Crippen LogP contribution is 2.16. The van der Waals surface area contributed by atoms with Crippen LogP contribution in [-0.2, 0) is 6.61 Å². The zero-order valence-electron chi connectivity index (χ0n) is 7.79. The van der Waals surface area contributed by atoms with Crippen molar-refractivity contribution in [3.63, 3.8) is 0 Å². The summed E-state index contributed by atoms with van der Waals surface area (Å²) >= 11 is 0. The highest BCUT2D eigenvalue weighted by Gasteiger charge is 2.00. The molecule has 2 heteroatoms. The fourth-order valence-electron chi connectivity index (χ4n) is 1.08. The molecule has 0 aliphatic carbocycles. The van der Waals surface area contributed by atoms with Crippen LogP contribution in [0.5, 0.6) is 5.75 Å². The first-order chi connectivity index (χ1) is 6.31. The van der Waals surface area contributed by atoms with Gasteiger partial charge in [-0.2, -0.15) is 0 Å². The van der Waals surface area contributed by atoms with E-state index in [2.05, 4.69) is 11.8 Å². The van der Waals surface area contributed by atoms with Crippen molar-refractivity contribution in [3.8, 4) is 17.6 Å². The molecule has 0 aliphatic rings. The van der Waals surface area contributed by atoms with Gasteiger partial charge in [-0.25, -0.2) is 0 Å². The van der Waals surface area contributed by atoms with Gasteiger partial charge in [0.2, 0.25) is 0 Å². The van der Waals surface area contributed by atoms with Crippen LogP contribution in [0.4, 0.5) is 0 Å². The molecule has 0 atom stereocenters. The fourth-order valence-corrected chi connectivity index (χ4v) is 1.08. The first kappa shape index (κ1) is 9.63. The number of benzene rings is 1. The third-order valence-corrected chi connectivity index (χ3v) is 1.74. The lowest BCUT2D eigenvalue weighted by Gasteiger charge is -2.04. The van der Waals surface area contributed by atoms with Crippen LogP contribution in [-0.4, -0.2) is 12.2 Å². The van der Waals surface area contributed by atoms with Crippen LogP contribution in [0.25, 0.3) is 0 Å². The average Bonchev–Trinajstić information content (AvgIpc) is 2.19. The molecule has 0 bridgehead atoms. The Labute approximate surface area is 78.2 Å². The first-order valence-electron chi connectivity index (χ1n) is 4.02. The van der Waals surface area contributed by atoms with E-state index in [-0.39, 0.29) is 6.61 Å². The van der Waals surface area contributed by atoms with Gasteiger partial charge < -0.3 is 9.84 Å². The molecular weight excluding hydrogens is 164 g/mol. The van der Waals surface area contributed by atoms with E-state index in [0.717, 1.165) is 16.9 Å². The first-order valence-corrected chi connectivity index (χ1v) is 4.02. The van der Waals surface area contributed by atoms with Gasteiger partial charge >= 0.3 is 0 Å². The minimum atomic E-state index is -0.0127. The van der Waals surface area contributed by atoms with Crippen LogP contribution in [0.2, 0.25) is 0 Å². The minimum absolute atomic E-state index is 0.0127. The van der Waals surface area contributed by atoms with Gasteiger partial charge in [-0.05, 0) is 30.7 Å². The van der Waals surface area contributed by atoms with Crippen molar-refractivity contribution in [3.05, 3.63) is 29.3 Å². The molecule has 0 fully saturated rings. The van der Waals surface area contributed by atoms with Crippen molar-refractivity contribution in [2.45, 2.75) is 13.5 Å². The Morgan fingerprint density at radius 2 is 2.23 bits per heavy atom. The Kier molecular flexibility index (Phi) is 3.36. The molecule has 2 nitrogen and oxygen atoms in total. The van der Waals surface area contributed by atoms with Crippen molar-refractivity contribution < 1.29 is 9.84 Å². The smallest absolute Gasteiger partial charge is 0.119 e. The van der Waals surface area contributed by atoms with Gasteiger partial charge in [-0.3, -0.25) is 0 Å². The minimum Gasteiger partial charge on any atom is -0.497 e. The van der Waals surface area contributed by atoms with Gasteiger partial charge in [0.1, 0.15) is 5.75 Å². The topological polar surface area (TPSA) is 29.5 Å². The van der Waals surface area contributed by atoms with E-state index in [1.54, 1.807) is 20.1 Å². The lowest BCUT2D eigenvalue weighted by atomic mass is 10.1. The van der Waals surface area contributed by atoms with Gasteiger partial charge in [-0.1, -0.05) is 5.92 Å². The predicted molar refractivity (Wildman–Crippen MR) is 51.5 cm³/mol. The van der Waals surface area contributed by atoms with E-state index in [1.165, 1.54) is 0 Å². The molecule has 0 aliphatic heterocycles. The molecule has 1 aromatic carbocycles. The largest absolute Gasteiger partial charge is 0.497 e. The predicted octanol–water partition coefficient (Wildman–Crippen LogP) is 1.56. The molecule has 68 valence electrons. The molecule has 1 aromatic rings. The maximum Gasteiger partial charge on any atom is 0.119 e. The molecule has 0 unspecified atom stereocenters. The number of rotatable bonds is 2. The number of hydrogen-bond donors (Lipinski definition) is 1. The number of ether oxygens (including phenoxy) is 1. The monoisotopic (exact) mass is 176 g/mol. The van der Waals surface area contributed by atoms with Gasteiger partial charge in [-0.15, -0.1) is 5.92 Å². The van der Waals surface area contributed by atoms with Gasteiger partial charge in [0, 0.05) is 5.56 Å². The highest BCUT2D eigenvalue weighted by molar-refractivity contribution is 5.44. The summed E-state index contributed by atoms with van der Waals surface area (Å²) in [6, 6.07) is 5.47. The molecule has 0 heterocycles. The summed E-state index contributed by atoms with van der Waals surface area (Å²) in [4.78, 5) is 0. The third-order valence-electron chi connectivity index (χ3n) is 1.74. The second kappa shape index (κ2) is 4.54. The quantitative estimate of drug-likeness (QED) is 0.693. The maximum absolute atomic E-state index is 9.04. The standard InChI is InChI=1S/C11H12O2/c1-3-4-9-5-6-11(13-2)7-10(9)8-12/h5-7,12H,8H2,1-2H3. The van der Waals surface area contributed by atoms with Crippen LogP contribution in [0.1, 0.15) is 18.1 Å². The van der Waals surface area contributed by atoms with Crippen molar-refractivity contribution in [1.29, 1.82) is 0 Å². The summed E-state index contributed by atoms with van der Waals surface area (Å²) in [5.74, 6) is 6.45. The lowest BCUT2D eigenvalue weighted by molar-refractivity contribution is 0.280. The molecule has 13 heavy (non-hydrogen) atoms. The van der Waals surface area contributed by atoms with Gasteiger partial charge in [0.05, 0.1) is 13.7 Å². The van der Waals surface area contributed by atoms with E-state index in [4.69, 9.17) is 9.84 Å². The van der Waals surface area contributed by atoms with Crippen molar-refractivity contribution in [2.24, 2.45) is 0 Å². The van der Waals surface area contributed by atoms with Crippen LogP contribution >= 0.6 is 0 Å². The number of aliphatic hydroxyl groups excluding tert-OH is 1. The van der Waals surface area contributed by atoms with Crippen molar-refractivity contribution in [2.75, 3.05) is 7.11 Å². The van der Waals surface area contributed by atoms with Crippen LogP contribution < -0.4 is 4.74 Å².